The molecule has 0 aromatic heterocycles. The van der Waals surface area contributed by atoms with Gasteiger partial charge in [0.1, 0.15) is 47.3 Å². The average Bonchev–Trinajstić information content (AvgIpc) is 3.45. The fraction of sp³-hybridized carbons (Fsp3) is 0.609. The number of nitriles is 1. The Kier molecular flexibility index (Phi) is 29.9. The molecule has 0 spiro atoms. The lowest BCUT2D eigenvalue weighted by atomic mass is 9.80. The first-order valence-electron chi connectivity index (χ1n) is 29.0. The van der Waals surface area contributed by atoms with Gasteiger partial charge in [-0.15, -0.1) is 0 Å². The maximum Gasteiger partial charge on any atom is 0.259 e. The van der Waals surface area contributed by atoms with Gasteiger partial charge in [-0.1, -0.05) is 189 Å². The van der Waals surface area contributed by atoms with Crippen molar-refractivity contribution in [3.63, 3.8) is 0 Å². The van der Waals surface area contributed by atoms with Crippen molar-refractivity contribution in [1.82, 2.24) is 4.67 Å². The van der Waals surface area contributed by atoms with Crippen LogP contribution in [0.4, 0.5) is 0 Å². The first-order valence-corrected chi connectivity index (χ1v) is 30.2. The van der Waals surface area contributed by atoms with Crippen LogP contribution in [0.5, 0.6) is 17.2 Å². The average molecular weight is 1070 g/mol. The minimum atomic E-state index is -1.77. The number of rotatable bonds is 40. The van der Waals surface area contributed by atoms with E-state index in [1.54, 1.807) is 14.2 Å². The molecular formula is C64H95N2O9P. The van der Waals surface area contributed by atoms with E-state index in [2.05, 4.69) is 88.7 Å². The zero-order chi connectivity index (χ0) is 54.2. The van der Waals surface area contributed by atoms with E-state index >= 15 is 0 Å². The molecule has 1 heterocycles. The van der Waals surface area contributed by atoms with E-state index < -0.39 is 44.8 Å². The Labute approximate surface area is 460 Å². The summed E-state index contributed by atoms with van der Waals surface area (Å²) in [4.78, 5) is 0. The molecule has 1 aliphatic rings. The highest BCUT2D eigenvalue weighted by atomic mass is 31.2. The van der Waals surface area contributed by atoms with E-state index in [-0.39, 0.29) is 31.7 Å². The fourth-order valence-corrected chi connectivity index (χ4v) is 11.9. The van der Waals surface area contributed by atoms with Crippen LogP contribution in [0.1, 0.15) is 180 Å². The lowest BCUT2D eigenvalue weighted by molar-refractivity contribution is -0.296. The first-order chi connectivity index (χ1) is 37.2. The molecule has 1 saturated heterocycles. The Morgan fingerprint density at radius 1 is 0.539 bits per heavy atom. The third-order valence-electron chi connectivity index (χ3n) is 14.2. The number of hydrogen-bond acceptors (Lipinski definition) is 11. The van der Waals surface area contributed by atoms with Gasteiger partial charge >= 0.3 is 0 Å². The minimum absolute atomic E-state index is 0.0415. The Morgan fingerprint density at radius 3 is 1.45 bits per heavy atom. The van der Waals surface area contributed by atoms with Gasteiger partial charge in [0.25, 0.3) is 8.53 Å². The molecule has 0 amide bonds. The van der Waals surface area contributed by atoms with Crippen molar-refractivity contribution in [3.05, 3.63) is 126 Å². The molecule has 12 heteroatoms. The molecule has 0 radical (unpaired) electrons. The lowest BCUT2D eigenvalue weighted by Crippen LogP contribution is -2.63. The van der Waals surface area contributed by atoms with Crippen LogP contribution in [-0.4, -0.2) is 88.1 Å². The number of unbranched alkanes of at least 4 members (excludes halogenated alkanes) is 16. The summed E-state index contributed by atoms with van der Waals surface area (Å²) in [5.41, 5.74) is 1.55. The zero-order valence-electron chi connectivity index (χ0n) is 47.7. The standard InChI is InChI=1S/C64H95N2O9P/c1-9-11-13-15-17-19-21-23-31-47-69-61-60(75-76(72-49-33-46-65)66(51(3)4)52(5)6)59(74-63(73-58-36-29-26-30-37-58)62(61)70-48-32-24-22-20-18-16-14-12-10-2)50-71-64(53-34-27-25-28-35-53,54-38-42-56(67-7)43-39-54)55-40-44-57(68-8)45-41-55/h25-30,34-45,51-52,59-63H,9-24,31-33,47-50H2,1-8H3/t59-,60-,61+,62-,63-,76?/m1/s1. The van der Waals surface area contributed by atoms with Crippen LogP contribution in [0.2, 0.25) is 0 Å². The molecule has 1 unspecified atom stereocenters. The van der Waals surface area contributed by atoms with Crippen molar-refractivity contribution in [2.24, 2.45) is 0 Å². The Morgan fingerprint density at radius 2 is 0.987 bits per heavy atom. The second kappa shape index (κ2) is 36.2. The topological polar surface area (TPSA) is 110 Å². The summed E-state index contributed by atoms with van der Waals surface area (Å²) >= 11 is 0. The van der Waals surface area contributed by atoms with E-state index in [4.69, 9.17) is 42.2 Å². The Balaban J connectivity index is 1.61. The summed E-state index contributed by atoms with van der Waals surface area (Å²) in [6.45, 7) is 14.4. The smallest absolute Gasteiger partial charge is 0.259 e. The highest BCUT2D eigenvalue weighted by Gasteiger charge is 2.52. The van der Waals surface area contributed by atoms with Crippen LogP contribution in [0.25, 0.3) is 0 Å². The lowest BCUT2D eigenvalue weighted by Gasteiger charge is -2.48. The Bertz CT molecular complexity index is 2070. The van der Waals surface area contributed by atoms with Gasteiger partial charge in [-0.3, -0.25) is 0 Å². The molecule has 6 atom stereocenters. The molecule has 0 bridgehead atoms. The summed E-state index contributed by atoms with van der Waals surface area (Å²) < 4.78 is 64.1. The van der Waals surface area contributed by atoms with Gasteiger partial charge in [-0.25, -0.2) is 4.67 Å². The third kappa shape index (κ3) is 20.0. The molecule has 5 rings (SSSR count). The molecule has 420 valence electrons. The second-order valence-corrected chi connectivity index (χ2v) is 22.1. The van der Waals surface area contributed by atoms with Crippen molar-refractivity contribution < 1.29 is 42.2 Å². The number of para-hydroxylation sites is 1. The maximum absolute atomic E-state index is 9.75. The van der Waals surface area contributed by atoms with E-state index in [0.717, 1.165) is 60.3 Å². The summed E-state index contributed by atoms with van der Waals surface area (Å²) in [6, 6.07) is 38.6. The predicted molar refractivity (Wildman–Crippen MR) is 308 cm³/mol. The summed E-state index contributed by atoms with van der Waals surface area (Å²) in [5.74, 6) is 2.12. The van der Waals surface area contributed by atoms with E-state index in [9.17, 15) is 5.26 Å². The van der Waals surface area contributed by atoms with Crippen LogP contribution in [0, 0.1) is 11.3 Å². The van der Waals surface area contributed by atoms with Crippen molar-refractivity contribution in [1.29, 1.82) is 5.26 Å². The minimum Gasteiger partial charge on any atom is -0.497 e. The van der Waals surface area contributed by atoms with Gasteiger partial charge in [-0.2, -0.15) is 5.26 Å². The number of benzene rings is 4. The van der Waals surface area contributed by atoms with Crippen LogP contribution in [-0.2, 0) is 33.6 Å². The summed E-state index contributed by atoms with van der Waals surface area (Å²) in [6.07, 6.45) is 18.0. The summed E-state index contributed by atoms with van der Waals surface area (Å²) in [7, 11) is 1.58. The molecule has 76 heavy (non-hydrogen) atoms. The normalized spacial score (nSPS) is 18.3. The number of methoxy groups -OCH3 is 2. The van der Waals surface area contributed by atoms with Gasteiger partial charge in [0.15, 0.2) is 0 Å². The number of ether oxygens (including phenoxy) is 7. The SMILES string of the molecule is CCCCCCCCCCCO[C@@H]1[C@@H](OCCCCCCCCCCC)[C@H](Oc2ccccc2)O[C@H](COC(c2ccccc2)(c2ccc(OC)cc2)c2ccc(OC)cc2)[C@H]1OP(OCCC#N)N(C(C)C)C(C)C. The number of hydrogen-bond donors (Lipinski definition) is 0. The van der Waals surface area contributed by atoms with Gasteiger partial charge in [0.05, 0.1) is 39.9 Å². The van der Waals surface area contributed by atoms with E-state index in [1.807, 2.05) is 72.8 Å². The van der Waals surface area contributed by atoms with Gasteiger partial charge in [0.2, 0.25) is 6.29 Å². The molecule has 0 N–H and O–H groups in total. The van der Waals surface area contributed by atoms with E-state index in [0.29, 0.717) is 19.0 Å². The highest BCUT2D eigenvalue weighted by Crippen LogP contribution is 2.50. The third-order valence-corrected chi connectivity index (χ3v) is 16.3. The maximum atomic E-state index is 9.75. The molecule has 11 nitrogen and oxygen atoms in total. The van der Waals surface area contributed by atoms with Crippen molar-refractivity contribution in [2.45, 2.75) is 212 Å². The molecule has 1 fully saturated rings. The molecule has 4 aromatic carbocycles. The molecule has 4 aromatic rings. The zero-order valence-corrected chi connectivity index (χ0v) is 48.6. The van der Waals surface area contributed by atoms with Crippen LogP contribution < -0.4 is 14.2 Å². The molecule has 0 aliphatic carbocycles. The van der Waals surface area contributed by atoms with Gasteiger partial charge in [0, 0.05) is 25.3 Å². The van der Waals surface area contributed by atoms with Crippen LogP contribution >= 0.6 is 8.53 Å². The second-order valence-electron chi connectivity index (χ2n) is 20.7. The highest BCUT2D eigenvalue weighted by molar-refractivity contribution is 7.44. The monoisotopic (exact) mass is 1070 g/mol. The quantitative estimate of drug-likeness (QED) is 0.0241. The molecular weight excluding hydrogens is 972 g/mol. The number of nitrogens with zero attached hydrogens (tertiary/aromatic N) is 2. The van der Waals surface area contributed by atoms with Gasteiger partial charge < -0.3 is 42.2 Å². The van der Waals surface area contributed by atoms with Crippen LogP contribution in [0.15, 0.2) is 109 Å². The largest absolute Gasteiger partial charge is 0.497 e. The van der Waals surface area contributed by atoms with Crippen molar-refractivity contribution in [3.8, 4) is 23.3 Å². The molecule has 1 aliphatic heterocycles. The van der Waals surface area contributed by atoms with Crippen molar-refractivity contribution in [2.75, 3.05) is 40.6 Å². The van der Waals surface area contributed by atoms with Crippen LogP contribution in [0.3, 0.4) is 0 Å². The molecule has 0 saturated carbocycles. The van der Waals surface area contributed by atoms with Gasteiger partial charge in [-0.05, 0) is 93.6 Å². The first kappa shape index (κ1) is 62.8. The Hall–Kier alpha value is -4.08. The fourth-order valence-electron chi connectivity index (χ4n) is 10.2. The summed E-state index contributed by atoms with van der Waals surface area (Å²) in [5, 5.41) is 9.75. The predicted octanol–water partition coefficient (Wildman–Crippen LogP) is 16.3. The van der Waals surface area contributed by atoms with E-state index in [1.165, 1.54) is 83.5 Å². The van der Waals surface area contributed by atoms with Crippen molar-refractivity contribution >= 4 is 8.53 Å².